The minimum atomic E-state index is -3.64. The van der Waals surface area contributed by atoms with Crippen LogP contribution in [-0.2, 0) is 19.6 Å². The highest BCUT2D eigenvalue weighted by atomic mass is 32.2. The molecule has 0 spiro atoms. The van der Waals surface area contributed by atoms with Crippen molar-refractivity contribution in [1.29, 1.82) is 0 Å². The van der Waals surface area contributed by atoms with Gasteiger partial charge in [-0.2, -0.15) is 0 Å². The van der Waals surface area contributed by atoms with E-state index in [1.807, 2.05) is 0 Å². The molecule has 0 aliphatic carbocycles. The minimum absolute atomic E-state index is 0.0389. The van der Waals surface area contributed by atoms with Gasteiger partial charge in [-0.05, 0) is 25.5 Å². The second-order valence-electron chi connectivity index (χ2n) is 5.87. The van der Waals surface area contributed by atoms with Crippen molar-refractivity contribution in [3.8, 4) is 11.8 Å². The first-order chi connectivity index (χ1) is 12.3. The Morgan fingerprint density at radius 2 is 1.77 bits per heavy atom. The van der Waals surface area contributed by atoms with Gasteiger partial charge in [0.2, 0.25) is 21.8 Å². The van der Waals surface area contributed by atoms with E-state index in [1.54, 1.807) is 24.3 Å². The fourth-order valence-electron chi connectivity index (χ4n) is 2.41. The van der Waals surface area contributed by atoms with Crippen LogP contribution in [0.25, 0.3) is 0 Å². The molecule has 0 bridgehead atoms. The number of piperidine rings is 1. The van der Waals surface area contributed by atoms with Gasteiger partial charge in [-0.1, -0.05) is 24.0 Å². The largest absolute Gasteiger partial charge is 0.295 e. The Morgan fingerprint density at radius 3 is 2.35 bits per heavy atom. The molecule has 1 N–H and O–H groups in total. The van der Waals surface area contributed by atoms with Gasteiger partial charge in [0.1, 0.15) is 0 Å². The van der Waals surface area contributed by atoms with Gasteiger partial charge in [0.25, 0.3) is 0 Å². The first kappa shape index (κ1) is 19.8. The van der Waals surface area contributed by atoms with E-state index in [4.69, 9.17) is 0 Å². The van der Waals surface area contributed by atoms with Crippen LogP contribution in [0.5, 0.6) is 0 Å². The fourth-order valence-corrected chi connectivity index (χ4v) is 3.27. The van der Waals surface area contributed by atoms with Crippen LogP contribution in [0.15, 0.2) is 24.3 Å². The number of hydrogen-bond donors (Lipinski definition) is 1. The summed E-state index contributed by atoms with van der Waals surface area (Å²) < 4.78 is 26.2. The number of imide groups is 1. The predicted molar refractivity (Wildman–Crippen MR) is 95.7 cm³/mol. The molecule has 1 fully saturated rings. The van der Waals surface area contributed by atoms with Gasteiger partial charge in [-0.3, -0.25) is 19.3 Å². The third-order valence-electron chi connectivity index (χ3n) is 3.87. The van der Waals surface area contributed by atoms with E-state index < -0.39 is 10.0 Å². The average molecular weight is 376 g/mol. The Hall–Kier alpha value is -2.50. The van der Waals surface area contributed by atoms with Crippen LogP contribution in [0.2, 0.25) is 0 Å². The predicted octanol–water partition coefficient (Wildman–Crippen LogP) is 0.699. The standard InChI is InChI=1S/C18H20N2O5S/c1-14(21)16-9-7-15(8-10-16)4-3-11-19-26(24,25)13-12-20-17(22)5-2-6-18(20)23/h7-10,19H,2,5-6,11-13H2,1H3. The molecule has 1 heterocycles. The minimum Gasteiger partial charge on any atom is -0.295 e. The molecule has 26 heavy (non-hydrogen) atoms. The Morgan fingerprint density at radius 1 is 1.15 bits per heavy atom. The normalized spacial score (nSPS) is 14.7. The summed E-state index contributed by atoms with van der Waals surface area (Å²) in [6.45, 7) is 1.24. The Balaban J connectivity index is 1.83. The topological polar surface area (TPSA) is 101 Å². The third kappa shape index (κ3) is 5.79. The lowest BCUT2D eigenvalue weighted by Crippen LogP contribution is -2.44. The fraction of sp³-hybridized carbons (Fsp3) is 0.389. The highest BCUT2D eigenvalue weighted by Crippen LogP contribution is 2.11. The number of nitrogens with zero attached hydrogens (tertiary/aromatic N) is 1. The van der Waals surface area contributed by atoms with Crippen LogP contribution in [0.1, 0.15) is 42.1 Å². The van der Waals surface area contributed by atoms with Crippen molar-refractivity contribution >= 4 is 27.6 Å². The van der Waals surface area contributed by atoms with Crippen LogP contribution < -0.4 is 4.72 Å². The van der Waals surface area contributed by atoms with E-state index in [2.05, 4.69) is 16.6 Å². The van der Waals surface area contributed by atoms with E-state index in [-0.39, 0.29) is 49.3 Å². The number of benzene rings is 1. The number of Topliss-reactive ketones (excluding diaryl/α,β-unsaturated/α-hetero) is 1. The maximum absolute atomic E-state index is 12.0. The van der Waals surface area contributed by atoms with E-state index in [0.717, 1.165) is 4.90 Å². The molecule has 2 rings (SSSR count). The molecule has 1 aliphatic heterocycles. The molecule has 0 aromatic heterocycles. The Labute approximate surface area is 152 Å². The summed E-state index contributed by atoms with van der Waals surface area (Å²) in [5.74, 6) is 4.44. The van der Waals surface area contributed by atoms with Crippen LogP contribution in [0.4, 0.5) is 0 Å². The maximum atomic E-state index is 12.0. The molecule has 0 radical (unpaired) electrons. The van der Waals surface area contributed by atoms with E-state index >= 15 is 0 Å². The summed E-state index contributed by atoms with van der Waals surface area (Å²) in [6, 6.07) is 6.68. The van der Waals surface area contributed by atoms with Crippen molar-refractivity contribution in [2.45, 2.75) is 26.2 Å². The molecular formula is C18H20N2O5S. The number of hydrogen-bond acceptors (Lipinski definition) is 5. The monoisotopic (exact) mass is 376 g/mol. The lowest BCUT2D eigenvalue weighted by molar-refractivity contribution is -0.147. The number of sulfonamides is 1. The van der Waals surface area contributed by atoms with Gasteiger partial charge < -0.3 is 0 Å². The summed E-state index contributed by atoms with van der Waals surface area (Å²) in [7, 11) is -3.64. The van der Waals surface area contributed by atoms with Crippen LogP contribution in [0, 0.1) is 11.8 Å². The molecule has 1 saturated heterocycles. The average Bonchev–Trinajstić information content (AvgIpc) is 2.58. The van der Waals surface area contributed by atoms with Crippen molar-refractivity contribution < 1.29 is 22.8 Å². The Kier molecular flexibility index (Phi) is 6.66. The molecule has 0 atom stereocenters. The first-order valence-electron chi connectivity index (χ1n) is 8.19. The summed E-state index contributed by atoms with van der Waals surface area (Å²) in [6.07, 6.45) is 1.06. The summed E-state index contributed by atoms with van der Waals surface area (Å²) in [5.41, 5.74) is 1.25. The van der Waals surface area contributed by atoms with Crippen molar-refractivity contribution in [2.24, 2.45) is 0 Å². The quantitative estimate of drug-likeness (QED) is 0.447. The second-order valence-corrected chi connectivity index (χ2v) is 7.79. The van der Waals surface area contributed by atoms with Gasteiger partial charge in [0, 0.05) is 30.5 Å². The van der Waals surface area contributed by atoms with Gasteiger partial charge in [0.05, 0.1) is 12.3 Å². The SMILES string of the molecule is CC(=O)c1ccc(C#CCNS(=O)(=O)CCN2C(=O)CCCC2=O)cc1. The van der Waals surface area contributed by atoms with E-state index in [0.29, 0.717) is 17.5 Å². The van der Waals surface area contributed by atoms with Crippen LogP contribution in [0.3, 0.4) is 0 Å². The van der Waals surface area contributed by atoms with Gasteiger partial charge >= 0.3 is 0 Å². The lowest BCUT2D eigenvalue weighted by Gasteiger charge is -2.24. The molecule has 8 heteroatoms. The van der Waals surface area contributed by atoms with Crippen molar-refractivity contribution in [3.05, 3.63) is 35.4 Å². The second kappa shape index (κ2) is 8.74. The molecule has 0 saturated carbocycles. The molecule has 0 unspecified atom stereocenters. The number of carbonyl (C=O) groups is 3. The number of ketones is 1. The van der Waals surface area contributed by atoms with E-state index in [9.17, 15) is 22.8 Å². The van der Waals surface area contributed by atoms with Gasteiger partial charge in [0.15, 0.2) is 5.78 Å². The molecule has 2 amide bonds. The zero-order chi connectivity index (χ0) is 19.2. The molecule has 1 aliphatic rings. The molecular weight excluding hydrogens is 356 g/mol. The maximum Gasteiger partial charge on any atom is 0.229 e. The lowest BCUT2D eigenvalue weighted by atomic mass is 10.1. The van der Waals surface area contributed by atoms with E-state index in [1.165, 1.54) is 6.92 Å². The number of carbonyl (C=O) groups excluding carboxylic acids is 3. The van der Waals surface area contributed by atoms with Gasteiger partial charge in [-0.25, -0.2) is 13.1 Å². The highest BCUT2D eigenvalue weighted by molar-refractivity contribution is 7.89. The van der Waals surface area contributed by atoms with Crippen molar-refractivity contribution in [2.75, 3.05) is 18.8 Å². The number of amides is 2. The number of likely N-dealkylation sites (tertiary alicyclic amines) is 1. The van der Waals surface area contributed by atoms with Crippen molar-refractivity contribution in [1.82, 2.24) is 9.62 Å². The highest BCUT2D eigenvalue weighted by Gasteiger charge is 2.26. The van der Waals surface area contributed by atoms with Crippen LogP contribution in [-0.4, -0.2) is 49.8 Å². The molecule has 138 valence electrons. The summed E-state index contributed by atoms with van der Waals surface area (Å²) in [4.78, 5) is 35.5. The zero-order valence-electron chi connectivity index (χ0n) is 14.4. The summed E-state index contributed by atoms with van der Waals surface area (Å²) >= 11 is 0. The Bertz CT molecular complexity index is 847. The molecule has 7 nitrogen and oxygen atoms in total. The number of rotatable bonds is 6. The van der Waals surface area contributed by atoms with Crippen molar-refractivity contribution in [3.63, 3.8) is 0 Å². The molecule has 1 aromatic carbocycles. The van der Waals surface area contributed by atoms with Gasteiger partial charge in [-0.15, -0.1) is 0 Å². The smallest absolute Gasteiger partial charge is 0.229 e. The third-order valence-corrected chi connectivity index (χ3v) is 5.18. The zero-order valence-corrected chi connectivity index (χ0v) is 15.3. The molecule has 1 aromatic rings. The number of nitrogens with one attached hydrogen (secondary N) is 1. The summed E-state index contributed by atoms with van der Waals surface area (Å²) in [5, 5.41) is 0. The first-order valence-corrected chi connectivity index (χ1v) is 9.84. The van der Waals surface area contributed by atoms with Crippen LogP contribution >= 0.6 is 0 Å².